The maximum atomic E-state index is 12.8. The number of para-hydroxylation sites is 1. The highest BCUT2D eigenvalue weighted by Crippen LogP contribution is 2.23. The largest absolute Gasteiger partial charge is 0.493 e. The molecule has 7 heteroatoms. The Morgan fingerprint density at radius 1 is 1.00 bits per heavy atom. The third kappa shape index (κ3) is 5.89. The van der Waals surface area contributed by atoms with Gasteiger partial charge in [-0.25, -0.2) is 0 Å². The fourth-order valence-electron chi connectivity index (χ4n) is 3.48. The number of aryl methyl sites for hydroxylation is 1. The average molecular weight is 449 g/mol. The van der Waals surface area contributed by atoms with Gasteiger partial charge in [0.1, 0.15) is 5.75 Å². The number of nitrogens with zero attached hydrogens (tertiary/aromatic N) is 2. The van der Waals surface area contributed by atoms with Crippen LogP contribution >= 0.6 is 23.2 Å². The van der Waals surface area contributed by atoms with E-state index in [9.17, 15) is 9.59 Å². The van der Waals surface area contributed by atoms with Crippen LogP contribution in [-0.2, 0) is 4.79 Å². The number of amides is 2. The Morgan fingerprint density at radius 2 is 1.73 bits per heavy atom. The highest BCUT2D eigenvalue weighted by atomic mass is 35.5. The molecule has 0 aromatic heterocycles. The monoisotopic (exact) mass is 448 g/mol. The summed E-state index contributed by atoms with van der Waals surface area (Å²) in [5.41, 5.74) is 1.48. The maximum Gasteiger partial charge on any atom is 0.255 e. The van der Waals surface area contributed by atoms with Crippen molar-refractivity contribution in [3.63, 3.8) is 0 Å². The lowest BCUT2D eigenvalue weighted by Gasteiger charge is -2.22. The first-order valence-electron chi connectivity index (χ1n) is 10.2. The lowest BCUT2D eigenvalue weighted by atomic mass is 10.2. The molecule has 1 heterocycles. The lowest BCUT2D eigenvalue weighted by molar-refractivity contribution is -0.131. The van der Waals surface area contributed by atoms with E-state index in [0.717, 1.165) is 17.7 Å². The molecule has 0 aliphatic carbocycles. The Kier molecular flexibility index (Phi) is 8.00. The van der Waals surface area contributed by atoms with Gasteiger partial charge in [0.2, 0.25) is 5.91 Å². The summed E-state index contributed by atoms with van der Waals surface area (Å²) < 4.78 is 5.77. The second-order valence-corrected chi connectivity index (χ2v) is 8.21. The fraction of sp³-hybridized carbons (Fsp3) is 0.391. The van der Waals surface area contributed by atoms with Gasteiger partial charge in [-0.05, 0) is 49.6 Å². The normalized spacial score (nSPS) is 14.4. The van der Waals surface area contributed by atoms with Crippen molar-refractivity contribution >= 4 is 35.0 Å². The van der Waals surface area contributed by atoms with Crippen molar-refractivity contribution in [3.8, 4) is 5.75 Å². The first-order valence-corrected chi connectivity index (χ1v) is 10.9. The van der Waals surface area contributed by atoms with E-state index in [1.807, 2.05) is 36.1 Å². The summed E-state index contributed by atoms with van der Waals surface area (Å²) in [5, 5.41) is 0.859. The Hall–Kier alpha value is -2.24. The molecule has 0 unspecified atom stereocenters. The number of halogens is 2. The Bertz CT molecular complexity index is 904. The summed E-state index contributed by atoms with van der Waals surface area (Å²) in [4.78, 5) is 29.0. The topological polar surface area (TPSA) is 49.9 Å². The zero-order chi connectivity index (χ0) is 21.5. The molecule has 0 radical (unpaired) electrons. The Balaban J connectivity index is 1.47. The molecule has 160 valence electrons. The molecule has 1 aliphatic heterocycles. The number of carbonyl (C=O) groups excluding carboxylic acids is 2. The second-order valence-electron chi connectivity index (χ2n) is 7.37. The highest BCUT2D eigenvalue weighted by Gasteiger charge is 2.24. The van der Waals surface area contributed by atoms with Gasteiger partial charge in [0.25, 0.3) is 5.91 Å². The van der Waals surface area contributed by atoms with Gasteiger partial charge in [-0.2, -0.15) is 0 Å². The molecular formula is C23H26Cl2N2O3. The minimum atomic E-state index is -0.150. The van der Waals surface area contributed by atoms with Crippen LogP contribution in [0.5, 0.6) is 5.75 Å². The predicted octanol–water partition coefficient (Wildman–Crippen LogP) is 4.84. The Morgan fingerprint density at radius 3 is 2.53 bits per heavy atom. The van der Waals surface area contributed by atoms with Crippen molar-refractivity contribution in [3.05, 3.63) is 63.6 Å². The molecule has 1 saturated heterocycles. The van der Waals surface area contributed by atoms with Crippen molar-refractivity contribution in [2.45, 2.75) is 26.2 Å². The van der Waals surface area contributed by atoms with Gasteiger partial charge in [-0.1, -0.05) is 41.4 Å². The van der Waals surface area contributed by atoms with Crippen LogP contribution in [0.3, 0.4) is 0 Å². The van der Waals surface area contributed by atoms with E-state index < -0.39 is 0 Å². The highest BCUT2D eigenvalue weighted by molar-refractivity contribution is 6.35. The summed E-state index contributed by atoms with van der Waals surface area (Å²) in [7, 11) is 0. The van der Waals surface area contributed by atoms with E-state index in [0.29, 0.717) is 61.2 Å². The van der Waals surface area contributed by atoms with Crippen molar-refractivity contribution < 1.29 is 14.3 Å². The van der Waals surface area contributed by atoms with Crippen molar-refractivity contribution in [2.75, 3.05) is 32.8 Å². The van der Waals surface area contributed by atoms with E-state index in [4.69, 9.17) is 27.9 Å². The van der Waals surface area contributed by atoms with Gasteiger partial charge in [0.15, 0.2) is 0 Å². The molecule has 30 heavy (non-hydrogen) atoms. The summed E-state index contributed by atoms with van der Waals surface area (Å²) in [6.07, 6.45) is 1.82. The van der Waals surface area contributed by atoms with Crippen LogP contribution < -0.4 is 4.74 Å². The number of ether oxygens (including phenoxy) is 1. The molecule has 0 bridgehead atoms. The first kappa shape index (κ1) is 22.4. The Labute approximate surface area is 187 Å². The van der Waals surface area contributed by atoms with Gasteiger partial charge in [0.05, 0.1) is 17.2 Å². The van der Waals surface area contributed by atoms with Gasteiger partial charge in [0, 0.05) is 37.6 Å². The van der Waals surface area contributed by atoms with Crippen LogP contribution in [0.1, 0.15) is 35.2 Å². The minimum Gasteiger partial charge on any atom is -0.493 e. The smallest absolute Gasteiger partial charge is 0.255 e. The number of hydrogen-bond acceptors (Lipinski definition) is 3. The zero-order valence-electron chi connectivity index (χ0n) is 17.1. The van der Waals surface area contributed by atoms with E-state index >= 15 is 0 Å². The third-order valence-corrected chi connectivity index (χ3v) is 5.75. The average Bonchev–Trinajstić information content (AvgIpc) is 3.00. The molecular weight excluding hydrogens is 423 g/mol. The molecule has 0 N–H and O–H groups in total. The predicted molar refractivity (Wildman–Crippen MR) is 119 cm³/mol. The molecule has 2 aromatic carbocycles. The number of rotatable bonds is 6. The first-order chi connectivity index (χ1) is 14.5. The summed E-state index contributed by atoms with van der Waals surface area (Å²) >= 11 is 12.2. The van der Waals surface area contributed by atoms with Crippen LogP contribution in [0, 0.1) is 6.92 Å². The quantitative estimate of drug-likeness (QED) is 0.594. The molecule has 5 nitrogen and oxygen atoms in total. The van der Waals surface area contributed by atoms with Crippen molar-refractivity contribution in [1.82, 2.24) is 9.80 Å². The van der Waals surface area contributed by atoms with E-state index in [1.165, 1.54) is 0 Å². The summed E-state index contributed by atoms with van der Waals surface area (Å²) in [6.45, 7) is 4.73. The molecule has 2 amide bonds. The lowest BCUT2D eigenvalue weighted by Crippen LogP contribution is -2.37. The molecule has 1 fully saturated rings. The molecule has 1 aliphatic rings. The fourth-order valence-corrected chi connectivity index (χ4v) is 3.85. The summed E-state index contributed by atoms with van der Waals surface area (Å²) in [6, 6.07) is 12.7. The van der Waals surface area contributed by atoms with Crippen LogP contribution in [0.15, 0.2) is 42.5 Å². The van der Waals surface area contributed by atoms with Gasteiger partial charge < -0.3 is 14.5 Å². The van der Waals surface area contributed by atoms with Crippen molar-refractivity contribution in [1.29, 1.82) is 0 Å². The SMILES string of the molecule is Cc1ccccc1OCCCC(=O)N1CCCN(C(=O)c2cc(Cl)ccc2Cl)CC1. The van der Waals surface area contributed by atoms with Crippen LogP contribution in [0.4, 0.5) is 0 Å². The van der Waals surface area contributed by atoms with Gasteiger partial charge in [-0.15, -0.1) is 0 Å². The van der Waals surface area contributed by atoms with E-state index in [-0.39, 0.29) is 11.8 Å². The van der Waals surface area contributed by atoms with Crippen LogP contribution in [-0.4, -0.2) is 54.4 Å². The molecule has 0 saturated carbocycles. The molecule has 0 spiro atoms. The van der Waals surface area contributed by atoms with E-state index in [2.05, 4.69) is 0 Å². The maximum absolute atomic E-state index is 12.8. The van der Waals surface area contributed by atoms with Crippen LogP contribution in [0.2, 0.25) is 10.0 Å². The molecule has 2 aromatic rings. The van der Waals surface area contributed by atoms with Crippen LogP contribution in [0.25, 0.3) is 0 Å². The summed E-state index contributed by atoms with van der Waals surface area (Å²) in [5.74, 6) is 0.801. The van der Waals surface area contributed by atoms with Gasteiger partial charge in [-0.3, -0.25) is 9.59 Å². The molecule has 3 rings (SSSR count). The minimum absolute atomic E-state index is 0.0958. The standard InChI is InChI=1S/C23H26Cl2N2O3/c1-17-6-2-3-7-21(17)30-15-4-8-22(28)26-11-5-12-27(14-13-26)23(29)19-16-18(24)9-10-20(19)25/h2-3,6-7,9-10,16H,4-5,8,11-15H2,1H3. The third-order valence-electron chi connectivity index (χ3n) is 5.18. The zero-order valence-corrected chi connectivity index (χ0v) is 18.6. The van der Waals surface area contributed by atoms with Crippen molar-refractivity contribution in [2.24, 2.45) is 0 Å². The second kappa shape index (κ2) is 10.7. The number of benzene rings is 2. The number of carbonyl (C=O) groups is 2. The number of hydrogen-bond donors (Lipinski definition) is 0. The van der Waals surface area contributed by atoms with E-state index in [1.54, 1.807) is 23.1 Å². The molecule has 0 atom stereocenters. The van der Waals surface area contributed by atoms with Gasteiger partial charge >= 0.3 is 0 Å².